The van der Waals surface area contributed by atoms with Crippen molar-refractivity contribution in [2.24, 2.45) is 5.92 Å². The lowest BCUT2D eigenvalue weighted by Crippen LogP contribution is -2.54. The van der Waals surface area contributed by atoms with E-state index in [9.17, 15) is 5.11 Å². The second-order valence-electron chi connectivity index (χ2n) is 8.43. The first kappa shape index (κ1) is 17.3. The summed E-state index contributed by atoms with van der Waals surface area (Å²) in [5.74, 6) is 3.12. The van der Waals surface area contributed by atoms with Gasteiger partial charge in [-0.05, 0) is 37.8 Å². The summed E-state index contributed by atoms with van der Waals surface area (Å²) in [7, 11) is 0. The zero-order valence-corrected chi connectivity index (χ0v) is 15.7. The number of aliphatic hydroxyl groups is 1. The highest BCUT2D eigenvalue weighted by Crippen LogP contribution is 2.35. The summed E-state index contributed by atoms with van der Waals surface area (Å²) in [6.45, 7) is 4.72. The zero-order valence-electron chi connectivity index (χ0n) is 15.7. The summed E-state index contributed by atoms with van der Waals surface area (Å²) >= 11 is 0. The summed E-state index contributed by atoms with van der Waals surface area (Å²) in [4.78, 5) is 2.30. The first-order valence-electron chi connectivity index (χ1n) is 10.2. The molecule has 1 saturated carbocycles. The quantitative estimate of drug-likeness (QED) is 0.781. The van der Waals surface area contributed by atoms with Crippen molar-refractivity contribution < 1.29 is 9.84 Å². The largest absolute Gasteiger partial charge is 0.386 e. The topological polar surface area (TPSA) is 87.8 Å². The Morgan fingerprint density at radius 3 is 2.85 bits per heavy atom. The fraction of sp³-hybridized carbons (Fsp3) is 0.737. The lowest BCUT2D eigenvalue weighted by atomic mass is 9.85. The van der Waals surface area contributed by atoms with E-state index < -0.39 is 5.60 Å². The smallest absolute Gasteiger partial charge is 0.178 e. The molecule has 1 atom stereocenters. The van der Waals surface area contributed by atoms with Gasteiger partial charge >= 0.3 is 0 Å². The van der Waals surface area contributed by atoms with Gasteiger partial charge in [-0.15, -0.1) is 15.3 Å². The number of hydrogen-bond acceptors (Lipinski definition) is 7. The Morgan fingerprint density at radius 1 is 1.22 bits per heavy atom. The molecular weight excluding hydrogens is 344 g/mol. The Hall–Kier alpha value is -1.77. The fourth-order valence-corrected chi connectivity index (χ4v) is 4.26. The monoisotopic (exact) mass is 372 g/mol. The number of hydrogen-bond donors (Lipinski definition) is 2. The normalized spacial score (nSPS) is 26.9. The Kier molecular flexibility index (Phi) is 4.49. The maximum absolute atomic E-state index is 10.5. The van der Waals surface area contributed by atoms with Crippen LogP contribution in [0.15, 0.2) is 12.1 Å². The van der Waals surface area contributed by atoms with Crippen LogP contribution >= 0.6 is 0 Å². The molecule has 2 saturated heterocycles. The Balaban J connectivity index is 1.15. The highest BCUT2D eigenvalue weighted by Gasteiger charge is 2.32. The average molecular weight is 372 g/mol. The minimum atomic E-state index is -0.694. The second-order valence-corrected chi connectivity index (χ2v) is 8.43. The van der Waals surface area contributed by atoms with E-state index in [0.717, 1.165) is 56.4 Å². The van der Waals surface area contributed by atoms with Crippen molar-refractivity contribution in [3.63, 3.8) is 0 Å². The van der Waals surface area contributed by atoms with E-state index in [1.165, 1.54) is 19.3 Å². The lowest BCUT2D eigenvalue weighted by Gasteiger charge is -2.41. The first-order chi connectivity index (χ1) is 13.2. The third-order valence-electron chi connectivity index (χ3n) is 6.21. The van der Waals surface area contributed by atoms with Crippen LogP contribution in [-0.2, 0) is 4.74 Å². The molecular formula is C19H28N6O2. The molecule has 1 unspecified atom stereocenters. The number of aromatic nitrogens is 4. The van der Waals surface area contributed by atoms with Crippen molar-refractivity contribution in [3.05, 3.63) is 18.0 Å². The number of fused-ring (bicyclic) bond motifs is 1. The molecule has 3 aliphatic rings. The van der Waals surface area contributed by atoms with Gasteiger partial charge in [-0.2, -0.15) is 4.52 Å². The number of ether oxygens (including phenoxy) is 1. The lowest BCUT2D eigenvalue weighted by molar-refractivity contribution is -0.0835. The fourth-order valence-electron chi connectivity index (χ4n) is 4.26. The van der Waals surface area contributed by atoms with Gasteiger partial charge in [-0.3, -0.25) is 0 Å². The van der Waals surface area contributed by atoms with Gasteiger partial charge in [0.05, 0.1) is 6.61 Å². The molecule has 0 amide bonds. The minimum Gasteiger partial charge on any atom is -0.386 e. The van der Waals surface area contributed by atoms with E-state index in [1.807, 2.05) is 16.6 Å². The van der Waals surface area contributed by atoms with Gasteiger partial charge in [0, 0.05) is 44.6 Å². The molecule has 2 aromatic heterocycles. The molecule has 2 aliphatic heterocycles. The van der Waals surface area contributed by atoms with Crippen LogP contribution in [0.5, 0.6) is 0 Å². The number of nitrogens with zero attached hydrogens (tertiary/aromatic N) is 5. The zero-order chi connectivity index (χ0) is 18.3. The van der Waals surface area contributed by atoms with Crippen molar-refractivity contribution in [1.29, 1.82) is 0 Å². The molecule has 0 radical (unpaired) electrons. The molecule has 1 aliphatic carbocycles. The van der Waals surface area contributed by atoms with Crippen molar-refractivity contribution in [2.45, 2.75) is 43.6 Å². The van der Waals surface area contributed by atoms with Crippen molar-refractivity contribution in [1.82, 2.24) is 25.1 Å². The van der Waals surface area contributed by atoms with Crippen molar-refractivity contribution in [3.8, 4) is 0 Å². The molecule has 27 heavy (non-hydrogen) atoms. The molecule has 2 aromatic rings. The standard InChI is InChI=1S/C19H28N6O2/c26-19(7-2-8-27-13-19)12-20-9-14-10-24(11-14)17-6-5-16-21-22-18(25(16)23-17)15-3-1-4-15/h5-6,14-15,20,26H,1-4,7-13H2. The second kappa shape index (κ2) is 7.00. The number of nitrogens with one attached hydrogen (secondary N) is 1. The molecule has 8 heteroatoms. The summed E-state index contributed by atoms with van der Waals surface area (Å²) in [5.41, 5.74) is 0.142. The highest BCUT2D eigenvalue weighted by molar-refractivity contribution is 5.47. The van der Waals surface area contributed by atoms with Gasteiger partial charge in [0.25, 0.3) is 0 Å². The van der Waals surface area contributed by atoms with Gasteiger partial charge < -0.3 is 20.1 Å². The van der Waals surface area contributed by atoms with Crippen LogP contribution in [0.3, 0.4) is 0 Å². The SMILES string of the molecule is OC1(CNCC2CN(c3ccc4nnc(C5CCC5)n4n3)C2)CCCOC1. The average Bonchev–Trinajstić information content (AvgIpc) is 2.99. The minimum absolute atomic E-state index is 0.447. The predicted octanol–water partition coefficient (Wildman–Crippen LogP) is 0.959. The van der Waals surface area contributed by atoms with E-state index in [1.54, 1.807) is 0 Å². The van der Waals surface area contributed by atoms with Crippen LogP contribution in [0.25, 0.3) is 5.65 Å². The molecule has 5 rings (SSSR count). The Morgan fingerprint density at radius 2 is 2.11 bits per heavy atom. The van der Waals surface area contributed by atoms with Crippen LogP contribution in [0.2, 0.25) is 0 Å². The summed E-state index contributed by atoms with van der Waals surface area (Å²) < 4.78 is 7.34. The third kappa shape index (κ3) is 3.41. The van der Waals surface area contributed by atoms with Crippen LogP contribution in [-0.4, -0.2) is 69.9 Å². The summed E-state index contributed by atoms with van der Waals surface area (Å²) in [6.07, 6.45) is 5.43. The number of anilines is 1. The van der Waals surface area contributed by atoms with Gasteiger partial charge in [0.15, 0.2) is 11.5 Å². The van der Waals surface area contributed by atoms with Crippen LogP contribution < -0.4 is 10.2 Å². The van der Waals surface area contributed by atoms with Gasteiger partial charge in [0.2, 0.25) is 0 Å². The highest BCUT2D eigenvalue weighted by atomic mass is 16.5. The van der Waals surface area contributed by atoms with Gasteiger partial charge in [-0.25, -0.2) is 0 Å². The molecule has 146 valence electrons. The molecule has 4 heterocycles. The molecule has 0 spiro atoms. The molecule has 3 fully saturated rings. The Labute approximate surface area is 158 Å². The summed E-state index contributed by atoms with van der Waals surface area (Å²) in [6, 6.07) is 4.06. The van der Waals surface area contributed by atoms with Crippen molar-refractivity contribution in [2.75, 3.05) is 44.3 Å². The van der Waals surface area contributed by atoms with Gasteiger partial charge in [-0.1, -0.05) is 6.42 Å². The van der Waals surface area contributed by atoms with Crippen LogP contribution in [0.1, 0.15) is 43.8 Å². The maximum Gasteiger partial charge on any atom is 0.178 e. The van der Waals surface area contributed by atoms with Crippen LogP contribution in [0, 0.1) is 5.92 Å². The molecule has 0 aromatic carbocycles. The Bertz CT molecular complexity index is 793. The van der Waals surface area contributed by atoms with Crippen LogP contribution in [0.4, 0.5) is 5.82 Å². The summed E-state index contributed by atoms with van der Waals surface area (Å²) in [5, 5.41) is 27.3. The third-order valence-corrected chi connectivity index (χ3v) is 6.21. The molecule has 8 nitrogen and oxygen atoms in total. The van der Waals surface area contributed by atoms with E-state index in [2.05, 4.69) is 20.4 Å². The molecule has 0 bridgehead atoms. The van der Waals surface area contributed by atoms with Crippen molar-refractivity contribution >= 4 is 11.5 Å². The first-order valence-corrected chi connectivity index (χ1v) is 10.2. The van der Waals surface area contributed by atoms with E-state index >= 15 is 0 Å². The van der Waals surface area contributed by atoms with E-state index in [4.69, 9.17) is 9.84 Å². The molecule has 2 N–H and O–H groups in total. The maximum atomic E-state index is 10.5. The van der Waals surface area contributed by atoms with E-state index in [-0.39, 0.29) is 0 Å². The number of rotatable bonds is 6. The predicted molar refractivity (Wildman–Crippen MR) is 101 cm³/mol. The van der Waals surface area contributed by atoms with E-state index in [0.29, 0.717) is 25.0 Å². The van der Waals surface area contributed by atoms with Gasteiger partial charge in [0.1, 0.15) is 11.4 Å².